The predicted octanol–water partition coefficient (Wildman–Crippen LogP) is 3.93. The predicted molar refractivity (Wildman–Crippen MR) is 59.9 cm³/mol. The van der Waals surface area contributed by atoms with Gasteiger partial charge in [-0.05, 0) is 18.4 Å². The van der Waals surface area contributed by atoms with Gasteiger partial charge < -0.3 is 4.74 Å². The first-order chi connectivity index (χ1) is 6.61. The summed E-state index contributed by atoms with van der Waals surface area (Å²) in [6.07, 6.45) is 0.119. The zero-order chi connectivity index (χ0) is 10.6. The summed E-state index contributed by atoms with van der Waals surface area (Å²) in [7, 11) is 0. The molecule has 1 rings (SSSR count). The maximum atomic E-state index is 5.70. The fraction of sp³-hybridized carbons (Fsp3) is 0.385. The first-order valence-electron chi connectivity index (χ1n) is 4.98. The minimum Gasteiger partial charge on any atom is -0.491 e. The Hall–Kier alpha value is -1.24. The number of hydrogen-bond donors (Lipinski definition) is 0. The standard InChI is InChI=1S/C13H18O/c1-10(2)13(14-11(3)4)12-8-6-5-7-9-12/h5-10,13H,3H2,1-2,4H3/t13-/m1/s1. The van der Waals surface area contributed by atoms with Crippen molar-refractivity contribution in [2.24, 2.45) is 5.92 Å². The summed E-state index contributed by atoms with van der Waals surface area (Å²) >= 11 is 0. The Kier molecular flexibility index (Phi) is 3.75. The molecule has 0 saturated carbocycles. The molecule has 1 aromatic carbocycles. The molecular weight excluding hydrogens is 172 g/mol. The van der Waals surface area contributed by atoms with E-state index < -0.39 is 0 Å². The first-order valence-corrected chi connectivity index (χ1v) is 4.98. The van der Waals surface area contributed by atoms with Gasteiger partial charge in [0.1, 0.15) is 6.10 Å². The van der Waals surface area contributed by atoms with Gasteiger partial charge in [0.25, 0.3) is 0 Å². The molecule has 0 fully saturated rings. The number of allylic oxidation sites excluding steroid dienone is 1. The minimum atomic E-state index is 0.119. The molecular formula is C13H18O. The average Bonchev–Trinajstić information content (AvgIpc) is 2.15. The van der Waals surface area contributed by atoms with E-state index in [1.165, 1.54) is 5.56 Å². The maximum Gasteiger partial charge on any atom is 0.125 e. The van der Waals surface area contributed by atoms with Crippen LogP contribution in [0.5, 0.6) is 0 Å². The molecule has 0 N–H and O–H groups in total. The van der Waals surface area contributed by atoms with Gasteiger partial charge in [-0.3, -0.25) is 0 Å². The van der Waals surface area contributed by atoms with Crippen LogP contribution in [-0.2, 0) is 4.74 Å². The monoisotopic (exact) mass is 190 g/mol. The molecule has 0 amide bonds. The van der Waals surface area contributed by atoms with Crippen LogP contribution in [0.3, 0.4) is 0 Å². The Labute approximate surface area is 86.4 Å². The SMILES string of the molecule is C=C(C)O[C@@H](c1ccccc1)C(C)C. The van der Waals surface area contributed by atoms with Crippen molar-refractivity contribution in [3.63, 3.8) is 0 Å². The summed E-state index contributed by atoms with van der Waals surface area (Å²) in [6.45, 7) is 9.97. The van der Waals surface area contributed by atoms with Crippen LogP contribution in [0.1, 0.15) is 32.4 Å². The number of hydrogen-bond acceptors (Lipinski definition) is 1. The zero-order valence-electron chi connectivity index (χ0n) is 9.16. The number of ether oxygens (including phenoxy) is 1. The van der Waals surface area contributed by atoms with Crippen molar-refractivity contribution in [1.82, 2.24) is 0 Å². The fourth-order valence-corrected chi connectivity index (χ4v) is 1.45. The first kappa shape index (κ1) is 10.8. The summed E-state index contributed by atoms with van der Waals surface area (Å²) < 4.78 is 5.70. The van der Waals surface area contributed by atoms with E-state index in [0.29, 0.717) is 5.92 Å². The second kappa shape index (κ2) is 4.85. The molecule has 0 saturated heterocycles. The quantitative estimate of drug-likeness (QED) is 0.653. The summed E-state index contributed by atoms with van der Waals surface area (Å²) in [5.74, 6) is 1.22. The van der Waals surface area contributed by atoms with Crippen molar-refractivity contribution >= 4 is 0 Å². The minimum absolute atomic E-state index is 0.119. The summed E-state index contributed by atoms with van der Waals surface area (Å²) in [6, 6.07) is 10.3. The van der Waals surface area contributed by atoms with Gasteiger partial charge in [-0.1, -0.05) is 50.8 Å². The molecule has 0 aromatic heterocycles. The molecule has 0 bridgehead atoms. The van der Waals surface area contributed by atoms with E-state index in [9.17, 15) is 0 Å². The molecule has 0 radical (unpaired) electrons. The molecule has 0 aliphatic carbocycles. The highest BCUT2D eigenvalue weighted by Gasteiger charge is 2.16. The van der Waals surface area contributed by atoms with Gasteiger partial charge in [0.15, 0.2) is 0 Å². The number of rotatable bonds is 4. The summed E-state index contributed by atoms with van der Waals surface area (Å²) in [5.41, 5.74) is 1.21. The fourth-order valence-electron chi connectivity index (χ4n) is 1.45. The topological polar surface area (TPSA) is 9.23 Å². The Balaban J connectivity index is 2.83. The van der Waals surface area contributed by atoms with Crippen molar-refractivity contribution in [3.05, 3.63) is 48.2 Å². The third kappa shape index (κ3) is 2.91. The highest BCUT2D eigenvalue weighted by atomic mass is 16.5. The summed E-state index contributed by atoms with van der Waals surface area (Å²) in [5, 5.41) is 0. The van der Waals surface area contributed by atoms with Gasteiger partial charge in [-0.15, -0.1) is 0 Å². The lowest BCUT2D eigenvalue weighted by atomic mass is 9.99. The van der Waals surface area contributed by atoms with Crippen LogP contribution < -0.4 is 0 Å². The van der Waals surface area contributed by atoms with Gasteiger partial charge in [0.05, 0.1) is 5.76 Å². The van der Waals surface area contributed by atoms with Crippen LogP contribution in [0.4, 0.5) is 0 Å². The average molecular weight is 190 g/mol. The van der Waals surface area contributed by atoms with Crippen LogP contribution in [0, 0.1) is 5.92 Å². The van der Waals surface area contributed by atoms with Crippen molar-refractivity contribution < 1.29 is 4.74 Å². The Morgan fingerprint density at radius 2 is 1.79 bits per heavy atom. The third-order valence-electron chi connectivity index (χ3n) is 2.06. The van der Waals surface area contributed by atoms with Gasteiger partial charge in [-0.2, -0.15) is 0 Å². The highest BCUT2D eigenvalue weighted by Crippen LogP contribution is 2.27. The number of benzene rings is 1. The van der Waals surface area contributed by atoms with Crippen molar-refractivity contribution in [2.75, 3.05) is 0 Å². The molecule has 0 aliphatic heterocycles. The van der Waals surface area contributed by atoms with E-state index in [1.54, 1.807) is 0 Å². The zero-order valence-corrected chi connectivity index (χ0v) is 9.16. The molecule has 1 atom stereocenters. The van der Waals surface area contributed by atoms with Gasteiger partial charge in [0, 0.05) is 0 Å². The highest BCUT2D eigenvalue weighted by molar-refractivity contribution is 5.18. The van der Waals surface area contributed by atoms with Gasteiger partial charge in [-0.25, -0.2) is 0 Å². The Morgan fingerprint density at radius 3 is 2.21 bits per heavy atom. The molecule has 0 spiro atoms. The van der Waals surface area contributed by atoms with E-state index in [2.05, 4.69) is 32.6 Å². The van der Waals surface area contributed by atoms with Crippen LogP contribution in [0.2, 0.25) is 0 Å². The Morgan fingerprint density at radius 1 is 1.21 bits per heavy atom. The third-order valence-corrected chi connectivity index (χ3v) is 2.06. The normalized spacial score (nSPS) is 12.6. The van der Waals surface area contributed by atoms with Crippen LogP contribution in [0.15, 0.2) is 42.7 Å². The molecule has 1 aromatic rings. The molecule has 0 aliphatic rings. The van der Waals surface area contributed by atoms with Crippen LogP contribution in [0.25, 0.3) is 0 Å². The largest absolute Gasteiger partial charge is 0.491 e. The van der Waals surface area contributed by atoms with Crippen molar-refractivity contribution in [2.45, 2.75) is 26.9 Å². The van der Waals surface area contributed by atoms with E-state index in [1.807, 2.05) is 25.1 Å². The lowest BCUT2D eigenvalue weighted by molar-refractivity contribution is 0.0788. The Bertz CT molecular complexity index is 287. The van der Waals surface area contributed by atoms with E-state index in [-0.39, 0.29) is 6.10 Å². The molecule has 76 valence electrons. The molecule has 1 heteroatoms. The molecule has 1 nitrogen and oxygen atoms in total. The van der Waals surface area contributed by atoms with Crippen molar-refractivity contribution in [3.8, 4) is 0 Å². The van der Waals surface area contributed by atoms with Crippen molar-refractivity contribution in [1.29, 1.82) is 0 Å². The van der Waals surface area contributed by atoms with Gasteiger partial charge >= 0.3 is 0 Å². The van der Waals surface area contributed by atoms with Gasteiger partial charge in [0.2, 0.25) is 0 Å². The maximum absolute atomic E-state index is 5.70. The molecule has 0 heterocycles. The molecule has 0 unspecified atom stereocenters. The summed E-state index contributed by atoms with van der Waals surface area (Å²) in [4.78, 5) is 0. The smallest absolute Gasteiger partial charge is 0.125 e. The molecule has 14 heavy (non-hydrogen) atoms. The van der Waals surface area contributed by atoms with Crippen LogP contribution >= 0.6 is 0 Å². The second-order valence-corrected chi connectivity index (χ2v) is 3.90. The van der Waals surface area contributed by atoms with Crippen LogP contribution in [-0.4, -0.2) is 0 Å². The lowest BCUT2D eigenvalue weighted by Gasteiger charge is -2.22. The van der Waals surface area contributed by atoms with E-state index in [0.717, 1.165) is 5.76 Å². The van der Waals surface area contributed by atoms with E-state index >= 15 is 0 Å². The second-order valence-electron chi connectivity index (χ2n) is 3.90. The lowest BCUT2D eigenvalue weighted by Crippen LogP contribution is -2.09. The van der Waals surface area contributed by atoms with E-state index in [4.69, 9.17) is 4.74 Å².